The standard InChI is InChI=1S/C23H18F2N4O3/c24-16-2-3-17(18(25)10-16)23(30)29-5-1-4-28(6-7-29)22-15(12-26)8-14-9-20-21(32-13-31-20)11-19(14)27-22/h2-3,8-11H,1,4-7,13H2. The molecule has 1 amide bonds. The Balaban J connectivity index is 1.41. The zero-order valence-electron chi connectivity index (χ0n) is 17.0. The second-order valence-electron chi connectivity index (χ2n) is 7.63. The van der Waals surface area contributed by atoms with E-state index in [0.29, 0.717) is 67.1 Å². The lowest BCUT2D eigenvalue weighted by atomic mass is 10.1. The Morgan fingerprint density at radius 3 is 2.62 bits per heavy atom. The minimum absolute atomic E-state index is 0.147. The lowest BCUT2D eigenvalue weighted by Crippen LogP contribution is -2.36. The van der Waals surface area contributed by atoms with Gasteiger partial charge in [-0.2, -0.15) is 5.26 Å². The van der Waals surface area contributed by atoms with Gasteiger partial charge < -0.3 is 19.3 Å². The molecule has 32 heavy (non-hydrogen) atoms. The first-order chi connectivity index (χ1) is 15.5. The van der Waals surface area contributed by atoms with Crippen molar-refractivity contribution in [2.45, 2.75) is 6.42 Å². The molecule has 7 nitrogen and oxygen atoms in total. The van der Waals surface area contributed by atoms with Gasteiger partial charge in [0.25, 0.3) is 5.91 Å². The number of anilines is 1. The van der Waals surface area contributed by atoms with Crippen LogP contribution in [0.25, 0.3) is 10.9 Å². The van der Waals surface area contributed by atoms with E-state index in [9.17, 15) is 18.8 Å². The molecule has 9 heteroatoms. The van der Waals surface area contributed by atoms with E-state index in [0.717, 1.165) is 11.5 Å². The molecule has 5 rings (SSSR count). The van der Waals surface area contributed by atoms with Crippen LogP contribution in [0.1, 0.15) is 22.3 Å². The molecular weight excluding hydrogens is 418 g/mol. The maximum atomic E-state index is 14.1. The number of nitrogens with zero attached hydrogens (tertiary/aromatic N) is 4. The molecule has 0 saturated carbocycles. The topological polar surface area (TPSA) is 78.7 Å². The van der Waals surface area contributed by atoms with Gasteiger partial charge >= 0.3 is 0 Å². The number of aromatic nitrogens is 1. The Hall–Kier alpha value is -3.93. The third-order valence-electron chi connectivity index (χ3n) is 5.65. The average Bonchev–Trinajstić information content (AvgIpc) is 3.09. The monoisotopic (exact) mass is 436 g/mol. The van der Waals surface area contributed by atoms with Gasteiger partial charge in [-0.3, -0.25) is 4.79 Å². The summed E-state index contributed by atoms with van der Waals surface area (Å²) in [5.41, 5.74) is 0.937. The van der Waals surface area contributed by atoms with Crippen molar-refractivity contribution < 1.29 is 23.0 Å². The number of ether oxygens (including phenoxy) is 2. The van der Waals surface area contributed by atoms with Crippen LogP contribution < -0.4 is 14.4 Å². The molecule has 0 N–H and O–H groups in total. The van der Waals surface area contributed by atoms with E-state index >= 15 is 0 Å². The fraction of sp³-hybridized carbons (Fsp3) is 0.261. The number of halogens is 2. The number of rotatable bonds is 2. The number of carbonyl (C=O) groups is 1. The molecule has 2 aliphatic heterocycles. The van der Waals surface area contributed by atoms with Crippen molar-refractivity contribution >= 4 is 22.6 Å². The van der Waals surface area contributed by atoms with Crippen LogP contribution in [0.2, 0.25) is 0 Å². The number of carbonyl (C=O) groups excluding carboxylic acids is 1. The van der Waals surface area contributed by atoms with Gasteiger partial charge in [0.15, 0.2) is 11.5 Å². The quantitative estimate of drug-likeness (QED) is 0.612. The number of benzene rings is 2. The molecule has 1 fully saturated rings. The van der Waals surface area contributed by atoms with Crippen LogP contribution in [0, 0.1) is 23.0 Å². The van der Waals surface area contributed by atoms with Crippen LogP contribution in [-0.4, -0.2) is 48.8 Å². The van der Waals surface area contributed by atoms with E-state index in [1.165, 1.54) is 6.07 Å². The summed E-state index contributed by atoms with van der Waals surface area (Å²) in [7, 11) is 0. The van der Waals surface area contributed by atoms with Crippen molar-refractivity contribution in [2.24, 2.45) is 0 Å². The summed E-state index contributed by atoms with van der Waals surface area (Å²) in [6.07, 6.45) is 0.611. The summed E-state index contributed by atoms with van der Waals surface area (Å²) >= 11 is 0. The van der Waals surface area contributed by atoms with Crippen molar-refractivity contribution in [1.82, 2.24) is 9.88 Å². The molecule has 162 valence electrons. The molecule has 0 spiro atoms. The zero-order valence-corrected chi connectivity index (χ0v) is 17.0. The lowest BCUT2D eigenvalue weighted by molar-refractivity contribution is 0.0762. The largest absolute Gasteiger partial charge is 0.454 e. The van der Waals surface area contributed by atoms with Gasteiger partial charge in [-0.25, -0.2) is 13.8 Å². The fourth-order valence-corrected chi connectivity index (χ4v) is 4.04. The van der Waals surface area contributed by atoms with Crippen LogP contribution in [0.4, 0.5) is 14.6 Å². The maximum Gasteiger partial charge on any atom is 0.256 e. The molecule has 0 radical (unpaired) electrons. The summed E-state index contributed by atoms with van der Waals surface area (Å²) in [5, 5.41) is 10.5. The molecule has 0 atom stereocenters. The number of hydrogen-bond donors (Lipinski definition) is 0. The highest BCUT2D eigenvalue weighted by atomic mass is 19.1. The van der Waals surface area contributed by atoms with Crippen molar-refractivity contribution in [2.75, 3.05) is 37.9 Å². The predicted octanol–water partition coefficient (Wildman–Crippen LogP) is 3.47. The van der Waals surface area contributed by atoms with Crippen molar-refractivity contribution in [3.63, 3.8) is 0 Å². The van der Waals surface area contributed by atoms with Gasteiger partial charge in [-0.15, -0.1) is 0 Å². The first-order valence-corrected chi connectivity index (χ1v) is 10.2. The second-order valence-corrected chi connectivity index (χ2v) is 7.63. The molecule has 1 saturated heterocycles. The summed E-state index contributed by atoms with van der Waals surface area (Å²) in [6, 6.07) is 10.5. The van der Waals surface area contributed by atoms with Gasteiger partial charge in [0, 0.05) is 43.7 Å². The van der Waals surface area contributed by atoms with Crippen LogP contribution in [0.15, 0.2) is 36.4 Å². The molecule has 0 bridgehead atoms. The molecule has 0 unspecified atom stereocenters. The molecule has 3 heterocycles. The molecule has 2 aromatic carbocycles. The number of pyridine rings is 1. The lowest BCUT2D eigenvalue weighted by Gasteiger charge is -2.24. The van der Waals surface area contributed by atoms with Gasteiger partial charge in [-0.1, -0.05) is 0 Å². The average molecular weight is 436 g/mol. The first kappa shape index (κ1) is 20.0. The Bertz CT molecular complexity index is 1270. The van der Waals surface area contributed by atoms with Gasteiger partial charge in [0.2, 0.25) is 6.79 Å². The highest BCUT2D eigenvalue weighted by Crippen LogP contribution is 2.37. The van der Waals surface area contributed by atoms with Gasteiger partial charge in [0.1, 0.15) is 23.5 Å². The van der Waals surface area contributed by atoms with E-state index < -0.39 is 17.5 Å². The zero-order chi connectivity index (χ0) is 22.2. The third kappa shape index (κ3) is 3.54. The maximum absolute atomic E-state index is 14.1. The summed E-state index contributed by atoms with van der Waals surface area (Å²) in [6.45, 7) is 1.88. The fourth-order valence-electron chi connectivity index (χ4n) is 4.04. The molecule has 3 aromatic rings. The van der Waals surface area contributed by atoms with Crippen LogP contribution in [-0.2, 0) is 0 Å². The summed E-state index contributed by atoms with van der Waals surface area (Å²) in [4.78, 5) is 21.0. The van der Waals surface area contributed by atoms with Crippen molar-refractivity contribution in [3.8, 4) is 17.6 Å². The first-order valence-electron chi connectivity index (χ1n) is 10.2. The van der Waals surface area contributed by atoms with E-state index in [2.05, 4.69) is 6.07 Å². The normalized spacial score (nSPS) is 15.5. The van der Waals surface area contributed by atoms with Crippen LogP contribution in [0.3, 0.4) is 0 Å². The molecular formula is C23H18F2N4O3. The van der Waals surface area contributed by atoms with Gasteiger partial charge in [0.05, 0.1) is 16.6 Å². The van der Waals surface area contributed by atoms with Crippen molar-refractivity contribution in [1.29, 1.82) is 5.26 Å². The molecule has 2 aliphatic rings. The second kappa shape index (κ2) is 7.96. The van der Waals surface area contributed by atoms with Crippen LogP contribution >= 0.6 is 0 Å². The third-order valence-corrected chi connectivity index (χ3v) is 5.65. The Labute approximate surface area is 182 Å². The Morgan fingerprint density at radius 2 is 1.84 bits per heavy atom. The van der Waals surface area contributed by atoms with E-state index in [4.69, 9.17) is 14.5 Å². The van der Waals surface area contributed by atoms with E-state index in [1.54, 1.807) is 23.1 Å². The van der Waals surface area contributed by atoms with Crippen LogP contribution in [0.5, 0.6) is 11.5 Å². The minimum atomic E-state index is -0.877. The summed E-state index contributed by atoms with van der Waals surface area (Å²) < 4.78 is 38.1. The molecule has 1 aromatic heterocycles. The number of amides is 1. The van der Waals surface area contributed by atoms with E-state index in [1.807, 2.05) is 4.90 Å². The Kier molecular flexibility index (Phi) is 4.98. The van der Waals surface area contributed by atoms with Gasteiger partial charge in [-0.05, 0) is 30.7 Å². The Morgan fingerprint density at radius 1 is 1.03 bits per heavy atom. The number of fused-ring (bicyclic) bond motifs is 2. The van der Waals surface area contributed by atoms with E-state index in [-0.39, 0.29) is 12.4 Å². The minimum Gasteiger partial charge on any atom is -0.454 e. The smallest absolute Gasteiger partial charge is 0.256 e. The summed E-state index contributed by atoms with van der Waals surface area (Å²) in [5.74, 6) is -0.333. The highest BCUT2D eigenvalue weighted by molar-refractivity contribution is 5.94. The van der Waals surface area contributed by atoms with Crippen molar-refractivity contribution in [3.05, 3.63) is 59.2 Å². The number of nitriles is 1. The molecule has 0 aliphatic carbocycles. The predicted molar refractivity (Wildman–Crippen MR) is 112 cm³/mol. The SMILES string of the molecule is N#Cc1cc2cc3c(cc2nc1N1CCCN(C(=O)c2ccc(F)cc2F)CC1)OCO3. The number of hydrogen-bond acceptors (Lipinski definition) is 6. The highest BCUT2D eigenvalue weighted by Gasteiger charge is 2.25.